The van der Waals surface area contributed by atoms with Gasteiger partial charge >= 0.3 is 0 Å². The summed E-state index contributed by atoms with van der Waals surface area (Å²) in [5.74, 6) is 0. The molecule has 0 saturated heterocycles. The Hall–Kier alpha value is -0.450. The van der Waals surface area contributed by atoms with Crippen molar-refractivity contribution in [2.24, 2.45) is 0 Å². The van der Waals surface area contributed by atoms with Gasteiger partial charge in [-0.05, 0) is 12.8 Å². The summed E-state index contributed by atoms with van der Waals surface area (Å²) in [6.07, 6.45) is 7.33. The predicted molar refractivity (Wildman–Crippen MR) is 69.2 cm³/mol. The van der Waals surface area contributed by atoms with Crippen molar-refractivity contribution in [3.8, 4) is 0 Å². The minimum atomic E-state index is -0.132. The molecule has 0 amide bonds. The largest absolute Gasteiger partial charge is 0.378 e. The molecule has 1 aliphatic rings. The highest BCUT2D eigenvalue weighted by atomic mass is 32.1. The molecule has 0 unspecified atom stereocenters. The van der Waals surface area contributed by atoms with Crippen LogP contribution in [0.25, 0.3) is 0 Å². The summed E-state index contributed by atoms with van der Waals surface area (Å²) in [6.45, 7) is 0.594. The number of thiazole rings is 1. The third-order valence-electron chi connectivity index (χ3n) is 3.54. The zero-order valence-electron chi connectivity index (χ0n) is 10.7. The molecule has 2 rings (SSSR count). The van der Waals surface area contributed by atoms with Gasteiger partial charge in [-0.25, -0.2) is 4.98 Å². The molecular formula is C13H21NO2S. The van der Waals surface area contributed by atoms with Gasteiger partial charge in [-0.1, -0.05) is 25.7 Å². The van der Waals surface area contributed by atoms with Crippen LogP contribution in [0.3, 0.4) is 0 Å². The lowest BCUT2D eigenvalue weighted by atomic mass is 9.95. The highest BCUT2D eigenvalue weighted by molar-refractivity contribution is 7.09. The molecule has 0 aliphatic heterocycles. The van der Waals surface area contributed by atoms with E-state index in [4.69, 9.17) is 9.47 Å². The molecule has 1 saturated carbocycles. The molecule has 0 radical (unpaired) electrons. The van der Waals surface area contributed by atoms with Crippen LogP contribution in [-0.2, 0) is 21.7 Å². The highest BCUT2D eigenvalue weighted by Gasteiger charge is 2.35. The van der Waals surface area contributed by atoms with Crippen molar-refractivity contribution in [2.75, 3.05) is 14.2 Å². The zero-order chi connectivity index (χ0) is 12.1. The first-order valence-electron chi connectivity index (χ1n) is 6.30. The lowest BCUT2D eigenvalue weighted by molar-refractivity contribution is -0.0282. The number of nitrogens with zero attached hydrogens (tertiary/aromatic N) is 1. The summed E-state index contributed by atoms with van der Waals surface area (Å²) in [6, 6.07) is 0. The van der Waals surface area contributed by atoms with Crippen LogP contribution < -0.4 is 0 Å². The molecule has 0 aromatic carbocycles. The fourth-order valence-electron chi connectivity index (χ4n) is 2.54. The van der Waals surface area contributed by atoms with Gasteiger partial charge in [0.2, 0.25) is 0 Å². The molecule has 1 aromatic heterocycles. The Kier molecular flexibility index (Phi) is 4.54. The Balaban J connectivity index is 2.19. The van der Waals surface area contributed by atoms with Crippen molar-refractivity contribution >= 4 is 11.3 Å². The molecule has 4 heteroatoms. The molecule has 17 heavy (non-hydrogen) atoms. The minimum Gasteiger partial charge on any atom is -0.378 e. The standard InChI is InChI=1S/C13H21NO2S/c1-15-9-11-10-17-12(14-11)13(16-2)7-5-3-4-6-8-13/h10H,3-9H2,1-2H3. The summed E-state index contributed by atoms with van der Waals surface area (Å²) >= 11 is 1.71. The zero-order valence-corrected chi connectivity index (χ0v) is 11.5. The fourth-order valence-corrected chi connectivity index (χ4v) is 3.58. The maximum Gasteiger partial charge on any atom is 0.125 e. The number of ether oxygens (including phenoxy) is 2. The maximum absolute atomic E-state index is 5.84. The van der Waals surface area contributed by atoms with Crippen LogP contribution in [0.15, 0.2) is 5.38 Å². The van der Waals surface area contributed by atoms with E-state index in [1.807, 2.05) is 7.11 Å². The molecular weight excluding hydrogens is 234 g/mol. The van der Waals surface area contributed by atoms with Crippen LogP contribution in [0.5, 0.6) is 0 Å². The quantitative estimate of drug-likeness (QED) is 0.772. The topological polar surface area (TPSA) is 31.4 Å². The Labute approximate surface area is 107 Å². The second kappa shape index (κ2) is 5.94. The van der Waals surface area contributed by atoms with E-state index in [0.717, 1.165) is 23.5 Å². The van der Waals surface area contributed by atoms with Crippen molar-refractivity contribution in [1.29, 1.82) is 0 Å². The van der Waals surface area contributed by atoms with Crippen molar-refractivity contribution in [3.63, 3.8) is 0 Å². The van der Waals surface area contributed by atoms with Crippen molar-refractivity contribution in [2.45, 2.75) is 50.7 Å². The Morgan fingerprint density at radius 1 is 1.24 bits per heavy atom. The van der Waals surface area contributed by atoms with Gasteiger partial charge in [0.25, 0.3) is 0 Å². The van der Waals surface area contributed by atoms with Crippen LogP contribution in [-0.4, -0.2) is 19.2 Å². The van der Waals surface area contributed by atoms with Crippen LogP contribution in [0.4, 0.5) is 0 Å². The van der Waals surface area contributed by atoms with Crippen LogP contribution in [0, 0.1) is 0 Å². The van der Waals surface area contributed by atoms with E-state index in [1.165, 1.54) is 25.7 Å². The fraction of sp³-hybridized carbons (Fsp3) is 0.769. The van der Waals surface area contributed by atoms with Crippen LogP contribution >= 0.6 is 11.3 Å². The van der Waals surface area contributed by atoms with E-state index in [2.05, 4.69) is 10.4 Å². The minimum absolute atomic E-state index is 0.132. The smallest absolute Gasteiger partial charge is 0.125 e. The van der Waals surface area contributed by atoms with E-state index >= 15 is 0 Å². The van der Waals surface area contributed by atoms with E-state index in [-0.39, 0.29) is 5.60 Å². The maximum atomic E-state index is 5.84. The molecule has 3 nitrogen and oxygen atoms in total. The number of rotatable bonds is 4. The van der Waals surface area contributed by atoms with E-state index in [9.17, 15) is 0 Å². The molecule has 96 valence electrons. The third-order valence-corrected chi connectivity index (χ3v) is 4.61. The average molecular weight is 255 g/mol. The van der Waals surface area contributed by atoms with Gasteiger partial charge in [0, 0.05) is 19.6 Å². The van der Waals surface area contributed by atoms with Crippen LogP contribution in [0.2, 0.25) is 0 Å². The summed E-state index contributed by atoms with van der Waals surface area (Å²) < 4.78 is 11.0. The van der Waals surface area contributed by atoms with Gasteiger partial charge in [-0.3, -0.25) is 0 Å². The summed E-state index contributed by atoms with van der Waals surface area (Å²) in [4.78, 5) is 4.68. The number of hydrogen-bond acceptors (Lipinski definition) is 4. The summed E-state index contributed by atoms with van der Waals surface area (Å²) in [7, 11) is 3.53. The Morgan fingerprint density at radius 2 is 1.94 bits per heavy atom. The van der Waals surface area contributed by atoms with E-state index < -0.39 is 0 Å². The second-order valence-corrected chi connectivity index (χ2v) is 5.55. The molecule has 1 heterocycles. The normalized spacial score (nSPS) is 20.1. The number of methoxy groups -OCH3 is 2. The molecule has 1 fully saturated rings. The lowest BCUT2D eigenvalue weighted by Crippen LogP contribution is -2.27. The monoisotopic (exact) mass is 255 g/mol. The van der Waals surface area contributed by atoms with Crippen molar-refractivity contribution in [3.05, 3.63) is 16.1 Å². The first-order chi connectivity index (χ1) is 8.30. The average Bonchev–Trinajstić information content (AvgIpc) is 2.68. The molecule has 1 aromatic rings. The van der Waals surface area contributed by atoms with Crippen molar-refractivity contribution < 1.29 is 9.47 Å². The number of aromatic nitrogens is 1. The first-order valence-corrected chi connectivity index (χ1v) is 7.18. The molecule has 0 N–H and O–H groups in total. The highest BCUT2D eigenvalue weighted by Crippen LogP contribution is 2.40. The molecule has 0 atom stereocenters. The SMILES string of the molecule is COCc1csc(C2(OC)CCCCCC2)n1. The molecule has 0 bridgehead atoms. The Morgan fingerprint density at radius 3 is 2.53 bits per heavy atom. The first kappa shape index (κ1) is 13.0. The second-order valence-electron chi connectivity index (χ2n) is 4.69. The van der Waals surface area contributed by atoms with Gasteiger partial charge in [0.1, 0.15) is 10.6 Å². The van der Waals surface area contributed by atoms with E-state index in [0.29, 0.717) is 6.61 Å². The molecule has 1 aliphatic carbocycles. The van der Waals surface area contributed by atoms with Gasteiger partial charge in [-0.15, -0.1) is 11.3 Å². The van der Waals surface area contributed by atoms with Gasteiger partial charge in [0.05, 0.1) is 12.3 Å². The van der Waals surface area contributed by atoms with Crippen LogP contribution in [0.1, 0.15) is 49.2 Å². The predicted octanol–water partition coefficient (Wildman–Crippen LogP) is 3.49. The Bertz CT molecular complexity index is 343. The van der Waals surface area contributed by atoms with Gasteiger partial charge < -0.3 is 9.47 Å². The van der Waals surface area contributed by atoms with Gasteiger partial charge in [-0.2, -0.15) is 0 Å². The lowest BCUT2D eigenvalue weighted by Gasteiger charge is -2.29. The molecule has 0 spiro atoms. The van der Waals surface area contributed by atoms with Crippen molar-refractivity contribution in [1.82, 2.24) is 4.98 Å². The number of hydrogen-bond donors (Lipinski definition) is 0. The third kappa shape index (κ3) is 2.87. The van der Waals surface area contributed by atoms with E-state index in [1.54, 1.807) is 18.4 Å². The van der Waals surface area contributed by atoms with Gasteiger partial charge in [0.15, 0.2) is 0 Å². The summed E-state index contributed by atoms with van der Waals surface area (Å²) in [5.41, 5.74) is 0.890. The summed E-state index contributed by atoms with van der Waals surface area (Å²) in [5, 5.41) is 3.22.